The van der Waals surface area contributed by atoms with Gasteiger partial charge in [-0.2, -0.15) is 0 Å². The predicted octanol–water partition coefficient (Wildman–Crippen LogP) is 3.34. The van der Waals surface area contributed by atoms with Gasteiger partial charge in [0.2, 0.25) is 5.91 Å². The zero-order valence-corrected chi connectivity index (χ0v) is 16.6. The van der Waals surface area contributed by atoms with Crippen LogP contribution < -0.4 is 16.2 Å². The van der Waals surface area contributed by atoms with Crippen molar-refractivity contribution >= 4 is 11.6 Å². The van der Waals surface area contributed by atoms with E-state index in [1.165, 1.54) is 6.92 Å². The van der Waals surface area contributed by atoms with Crippen LogP contribution in [0.25, 0.3) is 0 Å². The van der Waals surface area contributed by atoms with Crippen LogP contribution in [0.15, 0.2) is 47.0 Å². The average molecular weight is 381 g/mol. The van der Waals surface area contributed by atoms with E-state index in [4.69, 9.17) is 4.74 Å². The predicted molar refractivity (Wildman–Crippen MR) is 110 cm³/mol. The van der Waals surface area contributed by atoms with E-state index in [2.05, 4.69) is 21.7 Å². The van der Waals surface area contributed by atoms with Gasteiger partial charge in [0.1, 0.15) is 11.9 Å². The number of H-pyrrole nitrogens is 1. The average Bonchev–Trinajstić information content (AvgIpc) is 3.11. The summed E-state index contributed by atoms with van der Waals surface area (Å²) in [5.74, 6) is 0.845. The molecule has 0 spiro atoms. The van der Waals surface area contributed by atoms with Crippen molar-refractivity contribution in [2.24, 2.45) is 0 Å². The molecule has 1 atom stereocenters. The molecule has 1 aromatic carbocycles. The van der Waals surface area contributed by atoms with E-state index >= 15 is 0 Å². The molecule has 0 radical (unpaired) electrons. The number of ether oxygens (including phenoxy) is 1. The fourth-order valence-electron chi connectivity index (χ4n) is 3.34. The van der Waals surface area contributed by atoms with Crippen LogP contribution in [0.3, 0.4) is 0 Å². The lowest BCUT2D eigenvalue weighted by atomic mass is 10.0. The molecule has 1 amide bonds. The molecule has 1 aromatic heterocycles. The van der Waals surface area contributed by atoms with Gasteiger partial charge in [0.15, 0.2) is 0 Å². The number of benzene rings is 1. The highest BCUT2D eigenvalue weighted by atomic mass is 16.5. The summed E-state index contributed by atoms with van der Waals surface area (Å²) < 4.78 is 6.10. The second kappa shape index (κ2) is 8.89. The Morgan fingerprint density at radius 2 is 2.00 bits per heavy atom. The Labute approximate surface area is 165 Å². The van der Waals surface area contributed by atoms with Crippen LogP contribution in [0.1, 0.15) is 48.8 Å². The molecule has 0 aliphatic carbocycles. The SMILES string of the molecule is CCc1cc(C2CC=C(CNCc3ccc(NC(C)=O)cc3)O2)c(C)[nH]c1=O. The van der Waals surface area contributed by atoms with Crippen LogP contribution in [0, 0.1) is 6.92 Å². The Morgan fingerprint density at radius 1 is 1.25 bits per heavy atom. The third-order valence-corrected chi connectivity index (χ3v) is 4.84. The molecule has 3 N–H and O–H groups in total. The van der Waals surface area contributed by atoms with Gasteiger partial charge in [-0.05, 0) is 43.2 Å². The van der Waals surface area contributed by atoms with E-state index in [0.29, 0.717) is 19.5 Å². The Hall–Kier alpha value is -2.86. The summed E-state index contributed by atoms with van der Waals surface area (Å²) in [6.07, 6.45) is 3.57. The standard InChI is InChI=1S/C22H27N3O3/c1-4-17-11-20(14(2)24-22(17)27)21-10-9-19(28-21)13-23-12-16-5-7-18(8-6-16)25-15(3)26/h5-9,11,21,23H,4,10,12-13H2,1-3H3,(H,24,27)(H,25,26). The van der Waals surface area contributed by atoms with Gasteiger partial charge in [0.05, 0.1) is 6.54 Å². The van der Waals surface area contributed by atoms with Crippen LogP contribution in [0.2, 0.25) is 0 Å². The number of aromatic amines is 1. The van der Waals surface area contributed by atoms with Crippen LogP contribution in [-0.4, -0.2) is 17.4 Å². The number of aryl methyl sites for hydroxylation is 2. The number of anilines is 1. The monoisotopic (exact) mass is 381 g/mol. The van der Waals surface area contributed by atoms with E-state index in [9.17, 15) is 9.59 Å². The molecule has 0 bridgehead atoms. The minimum absolute atomic E-state index is 0.0129. The smallest absolute Gasteiger partial charge is 0.251 e. The minimum atomic E-state index is -0.0745. The topological polar surface area (TPSA) is 83.2 Å². The molecule has 6 nitrogen and oxygen atoms in total. The molecule has 0 fully saturated rings. The fourth-order valence-corrected chi connectivity index (χ4v) is 3.34. The third-order valence-electron chi connectivity index (χ3n) is 4.84. The molecule has 1 unspecified atom stereocenters. The van der Waals surface area contributed by atoms with E-state index < -0.39 is 0 Å². The highest BCUT2D eigenvalue weighted by molar-refractivity contribution is 5.88. The van der Waals surface area contributed by atoms with Crippen molar-refractivity contribution in [3.8, 4) is 0 Å². The van der Waals surface area contributed by atoms with E-state index in [1.807, 2.05) is 44.2 Å². The molecular weight excluding hydrogens is 354 g/mol. The first kappa shape index (κ1) is 19.9. The van der Waals surface area contributed by atoms with Crippen LogP contribution in [0.5, 0.6) is 0 Å². The Kier molecular flexibility index (Phi) is 6.31. The van der Waals surface area contributed by atoms with E-state index in [0.717, 1.165) is 40.3 Å². The van der Waals surface area contributed by atoms with Gasteiger partial charge in [-0.3, -0.25) is 9.59 Å². The maximum Gasteiger partial charge on any atom is 0.251 e. The molecule has 28 heavy (non-hydrogen) atoms. The lowest BCUT2D eigenvalue weighted by molar-refractivity contribution is -0.114. The number of hydrogen-bond acceptors (Lipinski definition) is 4. The van der Waals surface area contributed by atoms with Gasteiger partial charge in [0.25, 0.3) is 5.56 Å². The van der Waals surface area contributed by atoms with Crippen molar-refractivity contribution in [3.63, 3.8) is 0 Å². The van der Waals surface area contributed by atoms with Crippen molar-refractivity contribution in [1.82, 2.24) is 10.3 Å². The number of aromatic nitrogens is 1. The summed E-state index contributed by atoms with van der Waals surface area (Å²) in [6, 6.07) is 9.73. The number of rotatable bonds is 7. The summed E-state index contributed by atoms with van der Waals surface area (Å²) in [6.45, 7) is 6.75. The molecule has 0 saturated carbocycles. The van der Waals surface area contributed by atoms with Crippen molar-refractivity contribution in [1.29, 1.82) is 0 Å². The summed E-state index contributed by atoms with van der Waals surface area (Å²) in [5.41, 5.74) is 4.63. The summed E-state index contributed by atoms with van der Waals surface area (Å²) in [4.78, 5) is 25.9. The zero-order valence-electron chi connectivity index (χ0n) is 16.6. The zero-order chi connectivity index (χ0) is 20.1. The molecule has 0 saturated heterocycles. The molecule has 1 aliphatic heterocycles. The molecule has 2 aromatic rings. The highest BCUT2D eigenvalue weighted by Gasteiger charge is 2.22. The van der Waals surface area contributed by atoms with Gasteiger partial charge < -0.3 is 20.4 Å². The maximum atomic E-state index is 11.9. The maximum absolute atomic E-state index is 11.9. The number of carbonyl (C=O) groups is 1. The normalized spacial score (nSPS) is 15.8. The van der Waals surface area contributed by atoms with Gasteiger partial charge >= 0.3 is 0 Å². The van der Waals surface area contributed by atoms with Crippen molar-refractivity contribution in [2.45, 2.75) is 46.3 Å². The molecule has 3 rings (SSSR count). The number of nitrogens with one attached hydrogen (secondary N) is 3. The van der Waals surface area contributed by atoms with Crippen molar-refractivity contribution < 1.29 is 9.53 Å². The number of amides is 1. The first-order valence-electron chi connectivity index (χ1n) is 9.62. The molecule has 148 valence electrons. The molecule has 6 heteroatoms. The molecule has 1 aliphatic rings. The van der Waals surface area contributed by atoms with Crippen molar-refractivity contribution in [2.75, 3.05) is 11.9 Å². The summed E-state index contributed by atoms with van der Waals surface area (Å²) >= 11 is 0. The van der Waals surface area contributed by atoms with Gasteiger partial charge in [-0.15, -0.1) is 0 Å². The highest BCUT2D eigenvalue weighted by Crippen LogP contribution is 2.32. The van der Waals surface area contributed by atoms with Gasteiger partial charge in [-0.1, -0.05) is 19.1 Å². The van der Waals surface area contributed by atoms with Gasteiger partial charge in [0, 0.05) is 42.4 Å². The lowest BCUT2D eigenvalue weighted by Gasteiger charge is -2.17. The number of hydrogen-bond donors (Lipinski definition) is 3. The Bertz CT molecular complexity index is 929. The summed E-state index contributed by atoms with van der Waals surface area (Å²) in [7, 11) is 0. The fraction of sp³-hybridized carbons (Fsp3) is 0.364. The largest absolute Gasteiger partial charge is 0.489 e. The quantitative estimate of drug-likeness (QED) is 0.687. The van der Waals surface area contributed by atoms with E-state index in [1.54, 1.807) is 0 Å². The van der Waals surface area contributed by atoms with Gasteiger partial charge in [-0.25, -0.2) is 0 Å². The third kappa shape index (κ3) is 4.89. The number of pyridine rings is 1. The first-order valence-corrected chi connectivity index (χ1v) is 9.62. The first-order chi connectivity index (χ1) is 13.5. The lowest BCUT2D eigenvalue weighted by Crippen LogP contribution is -2.18. The van der Waals surface area contributed by atoms with Crippen LogP contribution in [-0.2, 0) is 22.5 Å². The van der Waals surface area contributed by atoms with E-state index in [-0.39, 0.29) is 17.6 Å². The molecule has 2 heterocycles. The Balaban J connectivity index is 1.51. The van der Waals surface area contributed by atoms with Crippen LogP contribution in [0.4, 0.5) is 5.69 Å². The second-order valence-corrected chi connectivity index (χ2v) is 7.05. The number of carbonyl (C=O) groups excluding carboxylic acids is 1. The molecular formula is C22H27N3O3. The van der Waals surface area contributed by atoms with Crippen LogP contribution >= 0.6 is 0 Å². The van der Waals surface area contributed by atoms with Crippen molar-refractivity contribution in [3.05, 3.63) is 74.9 Å². The minimum Gasteiger partial charge on any atom is -0.489 e. The summed E-state index contributed by atoms with van der Waals surface area (Å²) in [5, 5.41) is 6.14. The second-order valence-electron chi connectivity index (χ2n) is 7.05. The Morgan fingerprint density at radius 3 is 2.68 bits per heavy atom.